The normalized spacial score (nSPS) is 9.89. The number of thioether (sulfide) groups is 1. The summed E-state index contributed by atoms with van der Waals surface area (Å²) in [6.45, 7) is 2.08. The molecule has 0 fully saturated rings. The molecule has 9 heavy (non-hydrogen) atoms. The highest BCUT2D eigenvalue weighted by molar-refractivity contribution is 8.02. The van der Waals surface area contributed by atoms with Crippen molar-refractivity contribution >= 4 is 32.4 Å². The molecule has 50 valence electrons. The fraction of sp³-hybridized carbons (Fsp3) is 0.500. The summed E-state index contributed by atoms with van der Waals surface area (Å²) in [5.41, 5.74) is 0. The molecule has 0 saturated heterocycles. The number of nitrogens with one attached hydrogen (secondary N) is 1. The van der Waals surface area contributed by atoms with Gasteiger partial charge in [0.15, 0.2) is 4.34 Å². The summed E-state index contributed by atoms with van der Waals surface area (Å²) in [6.07, 6.45) is 0. The predicted octanol–water partition coefficient (Wildman–Crippen LogP) is 1.80. The molecule has 0 aliphatic heterocycles. The van der Waals surface area contributed by atoms with E-state index in [1.54, 1.807) is 22.1 Å². The third-order valence-electron chi connectivity index (χ3n) is 0.653. The molecule has 0 unspecified atom stereocenters. The predicted molar refractivity (Wildman–Crippen MR) is 42.2 cm³/mol. The Bertz CT molecular complexity index is 226. The number of aromatic nitrogens is 1. The Labute approximate surface area is 64.9 Å². The molecule has 0 radical (unpaired) electrons. The van der Waals surface area contributed by atoms with Crippen LogP contribution in [0.3, 0.4) is 0 Å². The third-order valence-corrected chi connectivity index (χ3v) is 3.96. The van der Waals surface area contributed by atoms with E-state index in [1.807, 2.05) is 0 Å². The SMILES string of the molecule is CCSc1nc(=N)ss1. The summed E-state index contributed by atoms with van der Waals surface area (Å²) >= 11 is 1.69. The lowest BCUT2D eigenvalue weighted by atomic mass is 11.0. The fourth-order valence-electron chi connectivity index (χ4n) is 0.375. The summed E-state index contributed by atoms with van der Waals surface area (Å²) in [7, 11) is 3.00. The summed E-state index contributed by atoms with van der Waals surface area (Å²) in [4.78, 5) is 4.39. The van der Waals surface area contributed by atoms with Gasteiger partial charge in [-0.3, -0.25) is 5.41 Å². The van der Waals surface area contributed by atoms with Crippen molar-refractivity contribution in [2.75, 3.05) is 5.75 Å². The summed E-state index contributed by atoms with van der Waals surface area (Å²) in [5, 5.41) is 7.10. The average molecular weight is 178 g/mol. The molecule has 0 aliphatic rings. The fourth-order valence-corrected chi connectivity index (χ4v) is 3.26. The van der Waals surface area contributed by atoms with Crippen molar-refractivity contribution in [3.63, 3.8) is 0 Å². The standard InChI is InChI=1S/C4H6N2S3/c1-2-7-4-6-3(5)8-9-4/h5H,2H2,1H3. The van der Waals surface area contributed by atoms with Crippen LogP contribution < -0.4 is 4.80 Å². The summed E-state index contributed by atoms with van der Waals surface area (Å²) in [6, 6.07) is 0. The Balaban J connectivity index is 2.73. The molecule has 0 aliphatic carbocycles. The topological polar surface area (TPSA) is 36.7 Å². The van der Waals surface area contributed by atoms with Gasteiger partial charge in [0.2, 0.25) is 4.80 Å². The first-order chi connectivity index (χ1) is 4.33. The number of nitrogens with zero attached hydrogens (tertiary/aromatic N) is 1. The van der Waals surface area contributed by atoms with Gasteiger partial charge in [0.25, 0.3) is 0 Å². The first-order valence-electron chi connectivity index (χ1n) is 2.47. The summed E-state index contributed by atoms with van der Waals surface area (Å²) < 4.78 is 1.02. The van der Waals surface area contributed by atoms with Gasteiger partial charge in [0, 0.05) is 0 Å². The molecule has 1 aromatic heterocycles. The Kier molecular flexibility index (Phi) is 2.68. The minimum absolute atomic E-state index is 0.427. The van der Waals surface area contributed by atoms with Gasteiger partial charge < -0.3 is 0 Å². The molecule has 2 nitrogen and oxygen atoms in total. The van der Waals surface area contributed by atoms with Gasteiger partial charge in [-0.2, -0.15) is 0 Å². The molecule has 0 bridgehead atoms. The van der Waals surface area contributed by atoms with Gasteiger partial charge in [0.1, 0.15) is 0 Å². The van der Waals surface area contributed by atoms with Crippen molar-refractivity contribution in [1.82, 2.24) is 4.98 Å². The van der Waals surface area contributed by atoms with Crippen molar-refractivity contribution in [1.29, 1.82) is 5.41 Å². The van der Waals surface area contributed by atoms with E-state index in [1.165, 1.54) is 10.3 Å². The highest BCUT2D eigenvalue weighted by atomic mass is 32.9. The lowest BCUT2D eigenvalue weighted by molar-refractivity contribution is 1.11. The monoisotopic (exact) mass is 178 g/mol. The van der Waals surface area contributed by atoms with Crippen molar-refractivity contribution in [3.05, 3.63) is 4.80 Å². The van der Waals surface area contributed by atoms with Gasteiger partial charge in [-0.15, -0.1) is 0 Å². The maximum atomic E-state index is 7.10. The van der Waals surface area contributed by atoms with E-state index < -0.39 is 0 Å². The lowest BCUT2D eigenvalue weighted by Crippen LogP contribution is -1.91. The molecular formula is C4H6N2S3. The molecule has 5 heteroatoms. The van der Waals surface area contributed by atoms with Gasteiger partial charge in [-0.05, 0) is 26.4 Å². The smallest absolute Gasteiger partial charge is 0.213 e. The summed E-state index contributed by atoms with van der Waals surface area (Å²) in [5.74, 6) is 1.04. The molecule has 1 heterocycles. The van der Waals surface area contributed by atoms with Gasteiger partial charge >= 0.3 is 0 Å². The minimum Gasteiger partial charge on any atom is -0.273 e. The average Bonchev–Trinajstić information content (AvgIpc) is 2.17. The van der Waals surface area contributed by atoms with Crippen molar-refractivity contribution < 1.29 is 0 Å². The quantitative estimate of drug-likeness (QED) is 0.554. The molecule has 0 aromatic carbocycles. The Morgan fingerprint density at radius 2 is 2.44 bits per heavy atom. The van der Waals surface area contributed by atoms with Gasteiger partial charge in [0.05, 0.1) is 0 Å². The minimum atomic E-state index is 0.427. The Morgan fingerprint density at radius 3 is 2.89 bits per heavy atom. The van der Waals surface area contributed by atoms with Crippen molar-refractivity contribution in [3.8, 4) is 0 Å². The Morgan fingerprint density at radius 1 is 1.67 bits per heavy atom. The molecule has 0 spiro atoms. The zero-order chi connectivity index (χ0) is 6.69. The first kappa shape index (κ1) is 7.24. The molecule has 0 atom stereocenters. The van der Waals surface area contributed by atoms with E-state index in [4.69, 9.17) is 5.41 Å². The van der Waals surface area contributed by atoms with E-state index >= 15 is 0 Å². The van der Waals surface area contributed by atoms with Crippen molar-refractivity contribution in [2.45, 2.75) is 11.3 Å². The van der Waals surface area contributed by atoms with Crippen LogP contribution in [0.4, 0.5) is 0 Å². The molecule has 1 N–H and O–H groups in total. The number of hydrogen-bond acceptors (Lipinski definition) is 5. The second-order valence-corrected chi connectivity index (χ2v) is 4.90. The zero-order valence-corrected chi connectivity index (χ0v) is 7.33. The molecule has 1 aromatic rings. The molecular weight excluding hydrogens is 172 g/mol. The second-order valence-electron chi connectivity index (χ2n) is 1.28. The van der Waals surface area contributed by atoms with E-state index in [-0.39, 0.29) is 0 Å². The third kappa shape index (κ3) is 2.08. The van der Waals surface area contributed by atoms with Crippen LogP contribution in [0.5, 0.6) is 0 Å². The lowest BCUT2D eigenvalue weighted by Gasteiger charge is -1.83. The van der Waals surface area contributed by atoms with Crippen LogP contribution in [-0.2, 0) is 0 Å². The van der Waals surface area contributed by atoms with Gasteiger partial charge in [-0.25, -0.2) is 4.98 Å². The van der Waals surface area contributed by atoms with Crippen LogP contribution in [0.15, 0.2) is 4.34 Å². The van der Waals surface area contributed by atoms with E-state index in [0.29, 0.717) is 4.80 Å². The van der Waals surface area contributed by atoms with E-state index in [9.17, 15) is 0 Å². The maximum absolute atomic E-state index is 7.10. The highest BCUT2D eigenvalue weighted by Crippen LogP contribution is 2.19. The second kappa shape index (κ2) is 3.34. The van der Waals surface area contributed by atoms with Crippen LogP contribution in [0.25, 0.3) is 0 Å². The molecule has 0 saturated carbocycles. The van der Waals surface area contributed by atoms with Crippen LogP contribution in [0.2, 0.25) is 0 Å². The van der Waals surface area contributed by atoms with Crippen LogP contribution >= 0.6 is 32.4 Å². The first-order valence-corrected chi connectivity index (χ1v) is 5.61. The molecule has 1 rings (SSSR count). The van der Waals surface area contributed by atoms with Crippen molar-refractivity contribution in [2.24, 2.45) is 0 Å². The largest absolute Gasteiger partial charge is 0.273 e. The van der Waals surface area contributed by atoms with Crippen LogP contribution in [0, 0.1) is 5.41 Å². The van der Waals surface area contributed by atoms with Gasteiger partial charge in [-0.1, -0.05) is 18.7 Å². The number of hydrogen-bond donors (Lipinski definition) is 1. The Hall–Kier alpha value is 0.130. The number of rotatable bonds is 2. The zero-order valence-electron chi connectivity index (χ0n) is 4.88. The maximum Gasteiger partial charge on any atom is 0.213 e. The van der Waals surface area contributed by atoms with E-state index in [0.717, 1.165) is 10.1 Å². The van der Waals surface area contributed by atoms with E-state index in [2.05, 4.69) is 11.9 Å². The highest BCUT2D eigenvalue weighted by Gasteiger charge is 1.94. The molecule has 0 amide bonds. The van der Waals surface area contributed by atoms with Crippen LogP contribution in [-0.4, -0.2) is 10.7 Å². The van der Waals surface area contributed by atoms with Crippen LogP contribution in [0.1, 0.15) is 6.92 Å².